The van der Waals surface area contributed by atoms with Gasteiger partial charge in [0.1, 0.15) is 30.3 Å². The highest BCUT2D eigenvalue weighted by Gasteiger charge is 2.24. The Balaban J connectivity index is 1.64. The van der Waals surface area contributed by atoms with Gasteiger partial charge in [-0.1, -0.05) is 18.2 Å². The van der Waals surface area contributed by atoms with Crippen molar-refractivity contribution in [2.45, 2.75) is 6.04 Å². The number of nitrogens with zero attached hydrogens (tertiary/aromatic N) is 5. The number of carbonyl (C=O) groups excluding carboxylic acids is 1. The topological polar surface area (TPSA) is 86.9 Å². The normalized spacial score (nSPS) is 11.8. The van der Waals surface area contributed by atoms with Crippen molar-refractivity contribution >= 4 is 5.91 Å². The number of carbonyl (C=O) groups is 1. The third-order valence-electron chi connectivity index (χ3n) is 4.65. The van der Waals surface area contributed by atoms with Crippen LogP contribution in [0, 0.1) is 0 Å². The fraction of sp³-hybridized carbons (Fsp3) is 0.143. The number of benzene rings is 2. The van der Waals surface area contributed by atoms with Crippen LogP contribution in [0.15, 0.2) is 73.6 Å². The van der Waals surface area contributed by atoms with Gasteiger partial charge in [0.15, 0.2) is 0 Å². The Labute approximate surface area is 167 Å². The van der Waals surface area contributed by atoms with Crippen molar-refractivity contribution in [1.82, 2.24) is 29.6 Å². The van der Waals surface area contributed by atoms with Gasteiger partial charge in [0.25, 0.3) is 5.91 Å². The van der Waals surface area contributed by atoms with Crippen molar-refractivity contribution in [3.8, 4) is 11.4 Å². The average Bonchev–Trinajstić information content (AvgIpc) is 3.44. The Morgan fingerprint density at radius 3 is 2.59 bits per heavy atom. The highest BCUT2D eigenvalue weighted by Crippen LogP contribution is 2.29. The molecular formula is C21H20N6O2. The van der Waals surface area contributed by atoms with Gasteiger partial charge in [-0.2, -0.15) is 5.10 Å². The number of aromatic nitrogens is 5. The Bertz CT molecular complexity index is 1100. The molecule has 4 aromatic rings. The number of amides is 1. The molecule has 0 saturated heterocycles. The summed E-state index contributed by atoms with van der Waals surface area (Å²) < 4.78 is 9.02. The molecule has 1 amide bonds. The minimum atomic E-state index is -0.464. The van der Waals surface area contributed by atoms with Gasteiger partial charge in [-0.15, -0.1) is 0 Å². The maximum atomic E-state index is 13.0. The molecule has 0 bridgehead atoms. The van der Waals surface area contributed by atoms with E-state index in [1.165, 1.54) is 6.33 Å². The zero-order chi connectivity index (χ0) is 20.2. The first kappa shape index (κ1) is 18.4. The second-order valence-electron chi connectivity index (χ2n) is 6.43. The zero-order valence-electron chi connectivity index (χ0n) is 16.1. The fourth-order valence-electron chi connectivity index (χ4n) is 3.16. The maximum absolute atomic E-state index is 13.0. The predicted octanol–water partition coefficient (Wildman–Crippen LogP) is 2.53. The highest BCUT2D eigenvalue weighted by atomic mass is 16.5. The number of rotatable bonds is 6. The molecule has 0 spiro atoms. The van der Waals surface area contributed by atoms with Crippen LogP contribution >= 0.6 is 0 Å². The molecule has 1 N–H and O–H groups in total. The minimum Gasteiger partial charge on any atom is -0.496 e. The summed E-state index contributed by atoms with van der Waals surface area (Å²) in [7, 11) is 3.50. The van der Waals surface area contributed by atoms with Crippen LogP contribution in [0.25, 0.3) is 5.69 Å². The van der Waals surface area contributed by atoms with E-state index < -0.39 is 6.04 Å². The van der Waals surface area contributed by atoms with Crippen LogP contribution < -0.4 is 10.1 Å². The van der Waals surface area contributed by atoms with Gasteiger partial charge >= 0.3 is 0 Å². The third kappa shape index (κ3) is 3.73. The summed E-state index contributed by atoms with van der Waals surface area (Å²) in [4.78, 5) is 21.4. The van der Waals surface area contributed by atoms with E-state index >= 15 is 0 Å². The molecule has 4 rings (SSSR count). The molecule has 0 saturated carbocycles. The molecule has 2 aromatic carbocycles. The van der Waals surface area contributed by atoms with Gasteiger partial charge in [0.05, 0.1) is 12.8 Å². The lowest BCUT2D eigenvalue weighted by Gasteiger charge is -2.21. The van der Waals surface area contributed by atoms with Gasteiger partial charge in [0.2, 0.25) is 0 Å². The first-order valence-electron chi connectivity index (χ1n) is 9.03. The Morgan fingerprint density at radius 2 is 1.93 bits per heavy atom. The second kappa shape index (κ2) is 7.97. The van der Waals surface area contributed by atoms with Gasteiger partial charge in [0, 0.05) is 30.6 Å². The maximum Gasteiger partial charge on any atom is 0.252 e. The van der Waals surface area contributed by atoms with E-state index in [2.05, 4.69) is 20.4 Å². The smallest absolute Gasteiger partial charge is 0.252 e. The molecule has 0 aliphatic rings. The number of nitrogens with one attached hydrogen (secondary N) is 1. The zero-order valence-corrected chi connectivity index (χ0v) is 16.1. The van der Waals surface area contributed by atoms with Crippen molar-refractivity contribution in [2.75, 3.05) is 7.11 Å². The van der Waals surface area contributed by atoms with Crippen molar-refractivity contribution in [3.05, 3.63) is 90.5 Å². The van der Waals surface area contributed by atoms with Crippen molar-refractivity contribution < 1.29 is 9.53 Å². The fourth-order valence-corrected chi connectivity index (χ4v) is 3.16. The summed E-state index contributed by atoms with van der Waals surface area (Å²) in [6.07, 6.45) is 6.62. The third-order valence-corrected chi connectivity index (χ3v) is 4.65. The summed E-state index contributed by atoms with van der Waals surface area (Å²) in [6.45, 7) is 0. The van der Waals surface area contributed by atoms with Gasteiger partial charge in [-0.25, -0.2) is 14.6 Å². The van der Waals surface area contributed by atoms with Gasteiger partial charge < -0.3 is 14.6 Å². The number of hydrogen-bond acceptors (Lipinski definition) is 5. The molecule has 29 heavy (non-hydrogen) atoms. The number of para-hydroxylation sites is 1. The van der Waals surface area contributed by atoms with Crippen LogP contribution in [0.4, 0.5) is 0 Å². The largest absolute Gasteiger partial charge is 0.496 e. The number of ether oxygens (including phenoxy) is 1. The molecule has 2 aromatic heterocycles. The summed E-state index contributed by atoms with van der Waals surface area (Å²) in [5.41, 5.74) is 2.18. The summed E-state index contributed by atoms with van der Waals surface area (Å²) >= 11 is 0. The monoisotopic (exact) mass is 388 g/mol. The van der Waals surface area contributed by atoms with Crippen LogP contribution in [0.3, 0.4) is 0 Å². The molecule has 146 valence electrons. The first-order chi connectivity index (χ1) is 14.2. The van der Waals surface area contributed by atoms with Crippen LogP contribution in [-0.4, -0.2) is 37.3 Å². The molecule has 1 unspecified atom stereocenters. The molecule has 0 aliphatic carbocycles. The van der Waals surface area contributed by atoms with E-state index in [1.54, 1.807) is 36.4 Å². The van der Waals surface area contributed by atoms with Gasteiger partial charge in [-0.05, 0) is 30.3 Å². The summed E-state index contributed by atoms with van der Waals surface area (Å²) in [5.74, 6) is 1.18. The minimum absolute atomic E-state index is 0.214. The molecule has 2 heterocycles. The molecule has 0 fully saturated rings. The van der Waals surface area contributed by atoms with E-state index in [4.69, 9.17) is 4.74 Å². The van der Waals surface area contributed by atoms with Crippen LogP contribution in [0.2, 0.25) is 0 Å². The van der Waals surface area contributed by atoms with E-state index in [1.807, 2.05) is 54.2 Å². The number of imidazole rings is 1. The Kier molecular flexibility index (Phi) is 5.07. The predicted molar refractivity (Wildman–Crippen MR) is 107 cm³/mol. The number of methoxy groups -OCH3 is 1. The molecule has 0 radical (unpaired) electrons. The van der Waals surface area contributed by atoms with E-state index in [9.17, 15) is 4.79 Å². The molecule has 8 heteroatoms. The van der Waals surface area contributed by atoms with Crippen LogP contribution in [0.1, 0.15) is 27.8 Å². The van der Waals surface area contributed by atoms with E-state index in [0.29, 0.717) is 17.1 Å². The first-order valence-corrected chi connectivity index (χ1v) is 9.03. The van der Waals surface area contributed by atoms with Crippen molar-refractivity contribution in [3.63, 3.8) is 0 Å². The molecule has 1 atom stereocenters. The summed E-state index contributed by atoms with van der Waals surface area (Å²) in [6, 6.07) is 14.3. The van der Waals surface area contributed by atoms with E-state index in [0.717, 1.165) is 11.3 Å². The number of hydrogen-bond donors (Lipinski definition) is 1. The lowest BCUT2D eigenvalue weighted by molar-refractivity contribution is 0.0941. The van der Waals surface area contributed by atoms with E-state index in [-0.39, 0.29) is 5.91 Å². The number of aryl methyl sites for hydroxylation is 1. The average molecular weight is 388 g/mol. The van der Waals surface area contributed by atoms with Crippen molar-refractivity contribution in [2.24, 2.45) is 7.05 Å². The second-order valence-corrected chi connectivity index (χ2v) is 6.43. The van der Waals surface area contributed by atoms with Crippen molar-refractivity contribution in [1.29, 1.82) is 0 Å². The van der Waals surface area contributed by atoms with Crippen LogP contribution in [-0.2, 0) is 7.05 Å². The molecule has 0 aliphatic heterocycles. The summed E-state index contributed by atoms with van der Waals surface area (Å²) in [5, 5.41) is 7.18. The molecule has 8 nitrogen and oxygen atoms in total. The van der Waals surface area contributed by atoms with Gasteiger partial charge in [-0.3, -0.25) is 4.79 Å². The van der Waals surface area contributed by atoms with Crippen LogP contribution in [0.5, 0.6) is 5.75 Å². The standard InChI is InChI=1S/C21H20N6O2/c1-26-12-11-23-20(26)19(17-5-3-4-6-18(17)29-2)25-21(28)15-7-9-16(10-8-15)27-14-22-13-24-27/h3-14,19H,1-2H3,(H,25,28). The molecular weight excluding hydrogens is 368 g/mol. The lowest BCUT2D eigenvalue weighted by atomic mass is 10.0. The quantitative estimate of drug-likeness (QED) is 0.548. The Hall–Kier alpha value is -3.94. The Morgan fingerprint density at radius 1 is 1.14 bits per heavy atom. The lowest BCUT2D eigenvalue weighted by Crippen LogP contribution is -2.31. The highest BCUT2D eigenvalue weighted by molar-refractivity contribution is 5.94. The SMILES string of the molecule is COc1ccccc1C(NC(=O)c1ccc(-n2cncn2)cc1)c1nccn1C.